The van der Waals surface area contributed by atoms with Crippen molar-refractivity contribution in [1.82, 2.24) is 9.55 Å². The minimum atomic E-state index is -0.896. The summed E-state index contributed by atoms with van der Waals surface area (Å²) in [6, 6.07) is 11.4. The van der Waals surface area contributed by atoms with Crippen LogP contribution in [0.15, 0.2) is 53.4 Å². The van der Waals surface area contributed by atoms with Gasteiger partial charge in [0.1, 0.15) is 17.4 Å². The van der Waals surface area contributed by atoms with Gasteiger partial charge in [0.2, 0.25) is 0 Å². The van der Waals surface area contributed by atoms with E-state index in [1.165, 1.54) is 29.8 Å². The van der Waals surface area contributed by atoms with E-state index in [1.807, 2.05) is 42.6 Å². The van der Waals surface area contributed by atoms with Crippen LogP contribution in [0, 0.1) is 6.92 Å². The first-order valence-corrected chi connectivity index (χ1v) is 11.2. The number of carboxylic acids is 1. The first-order valence-electron chi connectivity index (χ1n) is 10.4. The fourth-order valence-corrected chi connectivity index (χ4v) is 4.60. The number of benzene rings is 1. The Labute approximate surface area is 180 Å². The molecule has 4 rings (SSSR count). The summed E-state index contributed by atoms with van der Waals surface area (Å²) < 4.78 is 7.91. The smallest absolute Gasteiger partial charge is 0.337 e. The summed E-state index contributed by atoms with van der Waals surface area (Å²) in [7, 11) is 0. The van der Waals surface area contributed by atoms with E-state index in [2.05, 4.69) is 10.6 Å². The number of rotatable bonds is 8. The van der Waals surface area contributed by atoms with E-state index in [0.29, 0.717) is 12.2 Å². The number of nitrogens with zero attached hydrogens (tertiary/aromatic N) is 2. The number of hydrogen-bond acceptors (Lipinski definition) is 4. The van der Waals surface area contributed by atoms with Crippen LogP contribution in [-0.2, 0) is 13.2 Å². The Morgan fingerprint density at radius 1 is 1.27 bits per heavy atom. The van der Waals surface area contributed by atoms with E-state index < -0.39 is 5.97 Å². The lowest BCUT2D eigenvalue weighted by atomic mass is 9.97. The molecular weight excluding hydrogens is 396 g/mol. The fraction of sp³-hybridized carbons (Fsp3) is 0.333. The molecule has 1 aromatic carbocycles. The second kappa shape index (κ2) is 9.30. The summed E-state index contributed by atoms with van der Waals surface area (Å²) >= 11 is 1.53. The number of carboxylic acid groups (broad SMARTS) is 1. The quantitative estimate of drug-likeness (QED) is 0.446. The lowest BCUT2D eigenvalue weighted by Crippen LogP contribution is -2.07. The molecule has 1 N–H and O–H groups in total. The summed E-state index contributed by atoms with van der Waals surface area (Å²) in [5.74, 6) is -0.0883. The monoisotopic (exact) mass is 422 g/mol. The maximum absolute atomic E-state index is 11.7. The molecule has 30 heavy (non-hydrogen) atoms. The third kappa shape index (κ3) is 4.65. The molecule has 0 spiro atoms. The van der Waals surface area contributed by atoms with Gasteiger partial charge in [0.25, 0.3) is 0 Å². The minimum Gasteiger partial charge on any atom is -0.486 e. The Kier molecular flexibility index (Phi) is 6.33. The van der Waals surface area contributed by atoms with Crippen molar-refractivity contribution in [3.8, 4) is 17.1 Å². The zero-order valence-corrected chi connectivity index (χ0v) is 18.0. The number of para-hydroxylation sites is 1. The van der Waals surface area contributed by atoms with Gasteiger partial charge < -0.3 is 14.4 Å². The topological polar surface area (TPSA) is 64.3 Å². The second-order valence-electron chi connectivity index (χ2n) is 7.57. The lowest BCUT2D eigenvalue weighted by Gasteiger charge is -2.15. The predicted molar refractivity (Wildman–Crippen MR) is 119 cm³/mol. The van der Waals surface area contributed by atoms with Crippen LogP contribution in [0.2, 0.25) is 0 Å². The molecule has 2 heterocycles. The van der Waals surface area contributed by atoms with E-state index >= 15 is 0 Å². The van der Waals surface area contributed by atoms with Crippen molar-refractivity contribution in [3.63, 3.8) is 0 Å². The van der Waals surface area contributed by atoms with E-state index in [4.69, 9.17) is 9.72 Å². The van der Waals surface area contributed by atoms with Crippen molar-refractivity contribution in [1.29, 1.82) is 0 Å². The van der Waals surface area contributed by atoms with Crippen LogP contribution < -0.4 is 4.74 Å². The molecule has 0 bridgehead atoms. The van der Waals surface area contributed by atoms with Crippen molar-refractivity contribution < 1.29 is 14.6 Å². The zero-order chi connectivity index (χ0) is 20.9. The number of carbonyl (C=O) groups is 1. The van der Waals surface area contributed by atoms with Crippen LogP contribution in [0.5, 0.6) is 5.75 Å². The summed E-state index contributed by atoms with van der Waals surface area (Å²) in [6.07, 6.45) is 8.13. The van der Waals surface area contributed by atoms with Crippen LogP contribution in [0.4, 0.5) is 0 Å². The van der Waals surface area contributed by atoms with Crippen molar-refractivity contribution in [2.45, 2.75) is 52.2 Å². The molecule has 1 aliphatic rings. The second-order valence-corrected chi connectivity index (χ2v) is 8.51. The van der Waals surface area contributed by atoms with Crippen LogP contribution >= 0.6 is 11.3 Å². The highest BCUT2D eigenvalue weighted by atomic mass is 32.1. The SMILES string of the molecule is Cc1c(C(=O)O)cc(-c2csc(COc3ccccc3)n2)n1CCC1=CCCCC1. The Balaban J connectivity index is 1.55. The molecule has 156 valence electrons. The summed E-state index contributed by atoms with van der Waals surface area (Å²) in [5.41, 5.74) is 4.28. The van der Waals surface area contributed by atoms with Crippen molar-refractivity contribution in [2.75, 3.05) is 0 Å². The molecule has 0 saturated heterocycles. The molecule has 6 heteroatoms. The number of aromatic carboxylic acids is 1. The minimum absolute atomic E-state index is 0.345. The molecular formula is C24H26N2O3S. The highest BCUT2D eigenvalue weighted by molar-refractivity contribution is 7.09. The Morgan fingerprint density at radius 3 is 2.83 bits per heavy atom. The van der Waals surface area contributed by atoms with Gasteiger partial charge in [-0.15, -0.1) is 11.3 Å². The molecule has 0 atom stereocenters. The van der Waals surface area contributed by atoms with E-state index in [0.717, 1.165) is 53.6 Å². The van der Waals surface area contributed by atoms with Crippen LogP contribution in [0.1, 0.15) is 53.2 Å². The first-order chi connectivity index (χ1) is 14.6. The van der Waals surface area contributed by atoms with Crippen LogP contribution in [-0.4, -0.2) is 20.6 Å². The van der Waals surface area contributed by atoms with Gasteiger partial charge >= 0.3 is 5.97 Å². The normalized spacial score (nSPS) is 13.8. The molecule has 0 aliphatic heterocycles. The third-order valence-corrected chi connectivity index (χ3v) is 6.38. The fourth-order valence-electron chi connectivity index (χ4n) is 3.91. The van der Waals surface area contributed by atoms with E-state index in [9.17, 15) is 9.90 Å². The van der Waals surface area contributed by atoms with Gasteiger partial charge in [0.15, 0.2) is 0 Å². The Morgan fingerprint density at radius 2 is 2.10 bits per heavy atom. The van der Waals surface area contributed by atoms with Gasteiger partial charge in [-0.3, -0.25) is 0 Å². The molecule has 0 unspecified atom stereocenters. The molecule has 2 aromatic heterocycles. The molecule has 3 aromatic rings. The molecule has 1 aliphatic carbocycles. The van der Waals surface area contributed by atoms with Crippen LogP contribution in [0.25, 0.3) is 11.4 Å². The van der Waals surface area contributed by atoms with Gasteiger partial charge in [-0.25, -0.2) is 9.78 Å². The van der Waals surface area contributed by atoms with Crippen molar-refractivity contribution in [2.24, 2.45) is 0 Å². The predicted octanol–water partition coefficient (Wildman–Crippen LogP) is 6.09. The maximum atomic E-state index is 11.7. The lowest BCUT2D eigenvalue weighted by molar-refractivity contribution is 0.0696. The number of aromatic nitrogens is 2. The summed E-state index contributed by atoms with van der Waals surface area (Å²) in [5, 5.41) is 12.5. The average Bonchev–Trinajstić information content (AvgIpc) is 3.36. The summed E-state index contributed by atoms with van der Waals surface area (Å²) in [6.45, 7) is 3.05. The standard InChI is InChI=1S/C24H26N2O3S/c1-17-20(24(27)28)14-22(26(17)13-12-18-8-4-2-5-9-18)21-16-30-23(25-21)15-29-19-10-6-3-7-11-19/h3,6-8,10-11,14,16H,2,4-5,9,12-13,15H2,1H3,(H,27,28). The van der Waals surface area contributed by atoms with Crippen LogP contribution in [0.3, 0.4) is 0 Å². The highest BCUT2D eigenvalue weighted by Crippen LogP contribution is 2.30. The van der Waals surface area contributed by atoms with Crippen molar-refractivity contribution >= 4 is 17.3 Å². The van der Waals surface area contributed by atoms with E-state index in [-0.39, 0.29) is 0 Å². The van der Waals surface area contributed by atoms with Gasteiger partial charge in [-0.1, -0.05) is 29.8 Å². The Bertz CT molecular complexity index is 1050. The summed E-state index contributed by atoms with van der Waals surface area (Å²) in [4.78, 5) is 16.5. The number of hydrogen-bond donors (Lipinski definition) is 1. The zero-order valence-electron chi connectivity index (χ0n) is 17.1. The maximum Gasteiger partial charge on any atom is 0.337 e. The average molecular weight is 423 g/mol. The number of allylic oxidation sites excluding steroid dienone is 2. The first kappa shape index (κ1) is 20.4. The van der Waals surface area contributed by atoms with Gasteiger partial charge in [-0.2, -0.15) is 0 Å². The molecule has 5 nitrogen and oxygen atoms in total. The largest absolute Gasteiger partial charge is 0.486 e. The molecule has 0 saturated carbocycles. The number of ether oxygens (including phenoxy) is 1. The van der Waals surface area contributed by atoms with Gasteiger partial charge in [-0.05, 0) is 57.2 Å². The van der Waals surface area contributed by atoms with E-state index in [1.54, 1.807) is 6.07 Å². The number of thiazole rings is 1. The third-order valence-electron chi connectivity index (χ3n) is 5.56. The van der Waals surface area contributed by atoms with Gasteiger partial charge in [0.05, 0.1) is 17.0 Å². The van der Waals surface area contributed by atoms with Crippen molar-refractivity contribution in [3.05, 3.63) is 69.7 Å². The Hall–Kier alpha value is -2.86. The molecule has 0 radical (unpaired) electrons. The van der Waals surface area contributed by atoms with Gasteiger partial charge in [0, 0.05) is 17.6 Å². The molecule has 0 fully saturated rings. The highest BCUT2D eigenvalue weighted by Gasteiger charge is 2.20. The molecule has 0 amide bonds.